The zero-order valence-electron chi connectivity index (χ0n) is 14.5. The van der Waals surface area contributed by atoms with Gasteiger partial charge in [-0.05, 0) is 41.5 Å². The summed E-state index contributed by atoms with van der Waals surface area (Å²) in [5, 5.41) is 0. The average Bonchev–Trinajstić information content (AvgIpc) is 2.49. The molecule has 0 aromatic heterocycles. The predicted molar refractivity (Wildman–Crippen MR) is 94.6 cm³/mol. The molecule has 0 unspecified atom stereocenters. The maximum absolute atomic E-state index is 6.21. The van der Waals surface area contributed by atoms with E-state index in [4.69, 9.17) is 4.74 Å². The van der Waals surface area contributed by atoms with E-state index in [2.05, 4.69) is 77.1 Å². The van der Waals surface area contributed by atoms with Gasteiger partial charge in [-0.25, -0.2) is 0 Å². The molecule has 1 atom stereocenters. The van der Waals surface area contributed by atoms with E-state index in [1.807, 2.05) is 6.07 Å². The van der Waals surface area contributed by atoms with Gasteiger partial charge < -0.3 is 4.74 Å². The molecule has 0 fully saturated rings. The van der Waals surface area contributed by atoms with E-state index in [9.17, 15) is 0 Å². The van der Waals surface area contributed by atoms with Gasteiger partial charge >= 0.3 is 0 Å². The molecule has 0 N–H and O–H groups in total. The number of hydrogen-bond donors (Lipinski definition) is 0. The topological polar surface area (TPSA) is 9.23 Å². The fourth-order valence-corrected chi connectivity index (χ4v) is 2.61. The van der Waals surface area contributed by atoms with Crippen molar-refractivity contribution in [3.05, 3.63) is 65.2 Å². The largest absolute Gasteiger partial charge is 0.486 e. The van der Waals surface area contributed by atoms with Crippen LogP contribution in [0.2, 0.25) is 0 Å². The Balaban J connectivity index is 2.14. The third-order valence-corrected chi connectivity index (χ3v) is 4.04. The molecule has 1 nitrogen and oxygen atoms in total. The summed E-state index contributed by atoms with van der Waals surface area (Å²) < 4.78 is 6.21. The van der Waals surface area contributed by atoms with Crippen LogP contribution in [0.5, 0.6) is 5.75 Å². The molecule has 22 heavy (non-hydrogen) atoms. The van der Waals surface area contributed by atoms with E-state index >= 15 is 0 Å². The van der Waals surface area contributed by atoms with Crippen LogP contribution in [0.15, 0.2) is 48.5 Å². The van der Waals surface area contributed by atoms with Crippen molar-refractivity contribution >= 4 is 0 Å². The van der Waals surface area contributed by atoms with Crippen molar-refractivity contribution < 1.29 is 4.74 Å². The summed E-state index contributed by atoms with van der Waals surface area (Å²) in [6, 6.07) is 17.2. The lowest BCUT2D eigenvalue weighted by atomic mass is 9.86. The Bertz CT molecular complexity index is 590. The smallest absolute Gasteiger partial charge is 0.123 e. The fourth-order valence-electron chi connectivity index (χ4n) is 2.61. The summed E-state index contributed by atoms with van der Waals surface area (Å²) in [7, 11) is 0. The molecular weight excluding hydrogens is 268 g/mol. The van der Waals surface area contributed by atoms with E-state index in [0.29, 0.717) is 0 Å². The van der Waals surface area contributed by atoms with Crippen LogP contribution in [-0.4, -0.2) is 0 Å². The Kier molecular flexibility index (Phi) is 5.28. The quantitative estimate of drug-likeness (QED) is 0.650. The molecule has 0 bridgehead atoms. The second kappa shape index (κ2) is 7.00. The molecule has 1 heteroatoms. The van der Waals surface area contributed by atoms with Gasteiger partial charge in [-0.1, -0.05) is 76.6 Å². The van der Waals surface area contributed by atoms with E-state index in [1.165, 1.54) is 16.7 Å². The van der Waals surface area contributed by atoms with Gasteiger partial charge in [-0.3, -0.25) is 0 Å². The third kappa shape index (κ3) is 4.13. The molecule has 0 saturated heterocycles. The molecule has 0 radical (unpaired) electrons. The summed E-state index contributed by atoms with van der Waals surface area (Å²) in [6.07, 6.45) is 2.26. The van der Waals surface area contributed by atoms with Crippen molar-refractivity contribution in [3.8, 4) is 5.75 Å². The maximum Gasteiger partial charge on any atom is 0.123 e. The summed E-state index contributed by atoms with van der Waals surface area (Å²) in [4.78, 5) is 0. The minimum absolute atomic E-state index is 0.0621. The van der Waals surface area contributed by atoms with Gasteiger partial charge in [0.05, 0.1) is 0 Å². The molecule has 0 heterocycles. The summed E-state index contributed by atoms with van der Waals surface area (Å²) in [5.74, 6) is 1.01. The Labute approximate surface area is 135 Å². The third-order valence-electron chi connectivity index (χ3n) is 4.04. The van der Waals surface area contributed by atoms with Gasteiger partial charge in [0, 0.05) is 0 Å². The van der Waals surface area contributed by atoms with Crippen molar-refractivity contribution in [2.45, 2.75) is 59.0 Å². The first kappa shape index (κ1) is 16.6. The van der Waals surface area contributed by atoms with Gasteiger partial charge in [0.1, 0.15) is 11.9 Å². The first-order valence-corrected chi connectivity index (χ1v) is 8.27. The van der Waals surface area contributed by atoms with E-state index in [-0.39, 0.29) is 11.5 Å². The number of hydrogen-bond acceptors (Lipinski definition) is 1. The van der Waals surface area contributed by atoms with Gasteiger partial charge in [-0.2, -0.15) is 0 Å². The predicted octanol–water partition coefficient (Wildman–Crippen LogP) is 6.08. The number of rotatable bonds is 5. The zero-order valence-corrected chi connectivity index (χ0v) is 14.5. The highest BCUT2D eigenvalue weighted by Gasteiger charge is 2.15. The summed E-state index contributed by atoms with van der Waals surface area (Å²) in [6.45, 7) is 11.0. The van der Waals surface area contributed by atoms with Crippen LogP contribution in [0.25, 0.3) is 0 Å². The molecule has 0 amide bonds. The zero-order chi connectivity index (χ0) is 16.2. The highest BCUT2D eigenvalue weighted by atomic mass is 16.5. The van der Waals surface area contributed by atoms with E-state index < -0.39 is 0 Å². The van der Waals surface area contributed by atoms with Crippen LogP contribution in [0, 0.1) is 0 Å². The second-order valence-corrected chi connectivity index (χ2v) is 6.99. The number of ether oxygens (including phenoxy) is 1. The normalized spacial score (nSPS) is 13.0. The van der Waals surface area contributed by atoms with Crippen molar-refractivity contribution in [1.82, 2.24) is 0 Å². The van der Waals surface area contributed by atoms with Crippen LogP contribution in [0.3, 0.4) is 0 Å². The van der Waals surface area contributed by atoms with Gasteiger partial charge in [0.15, 0.2) is 0 Å². The number of benzene rings is 2. The minimum Gasteiger partial charge on any atom is -0.486 e. The average molecular weight is 296 g/mol. The van der Waals surface area contributed by atoms with Crippen LogP contribution in [-0.2, 0) is 11.8 Å². The Hall–Kier alpha value is -1.76. The molecular formula is C21H28O. The van der Waals surface area contributed by atoms with Crippen molar-refractivity contribution in [1.29, 1.82) is 0 Å². The minimum atomic E-state index is 0.0621. The van der Waals surface area contributed by atoms with E-state index in [0.717, 1.165) is 18.6 Å². The van der Waals surface area contributed by atoms with Gasteiger partial charge in [0.25, 0.3) is 0 Å². The van der Waals surface area contributed by atoms with Crippen LogP contribution in [0.4, 0.5) is 0 Å². The highest BCUT2D eigenvalue weighted by molar-refractivity contribution is 5.35. The Morgan fingerprint density at radius 1 is 0.955 bits per heavy atom. The molecule has 0 spiro atoms. The molecule has 2 rings (SSSR count). The molecule has 2 aromatic carbocycles. The monoisotopic (exact) mass is 296 g/mol. The lowest BCUT2D eigenvalue weighted by Crippen LogP contribution is -2.11. The van der Waals surface area contributed by atoms with Crippen LogP contribution < -0.4 is 4.74 Å². The molecule has 0 saturated carbocycles. The lowest BCUT2D eigenvalue weighted by Gasteiger charge is -2.21. The molecule has 0 aliphatic heterocycles. The highest BCUT2D eigenvalue weighted by Crippen LogP contribution is 2.28. The Morgan fingerprint density at radius 2 is 1.59 bits per heavy atom. The lowest BCUT2D eigenvalue weighted by molar-refractivity contribution is 0.224. The van der Waals surface area contributed by atoms with E-state index in [1.54, 1.807) is 0 Å². The molecule has 118 valence electrons. The van der Waals surface area contributed by atoms with Crippen LogP contribution >= 0.6 is 0 Å². The SMILES string of the molecule is CCCc1ccccc1O[C@@H](C)c1ccc(C(C)(C)C)cc1. The summed E-state index contributed by atoms with van der Waals surface area (Å²) >= 11 is 0. The van der Waals surface area contributed by atoms with Crippen molar-refractivity contribution in [2.24, 2.45) is 0 Å². The number of aryl methyl sites for hydroxylation is 1. The van der Waals surface area contributed by atoms with Crippen molar-refractivity contribution in [3.63, 3.8) is 0 Å². The van der Waals surface area contributed by atoms with Gasteiger partial charge in [0.2, 0.25) is 0 Å². The maximum atomic E-state index is 6.21. The first-order chi connectivity index (χ1) is 10.4. The standard InChI is InChI=1S/C21H28O/c1-6-9-18-10-7-8-11-20(18)22-16(2)17-12-14-19(15-13-17)21(3,4)5/h7-8,10-16H,6,9H2,1-5H3/t16-/m0/s1. The second-order valence-electron chi connectivity index (χ2n) is 6.99. The number of para-hydroxylation sites is 1. The van der Waals surface area contributed by atoms with Gasteiger partial charge in [-0.15, -0.1) is 0 Å². The van der Waals surface area contributed by atoms with Crippen molar-refractivity contribution in [2.75, 3.05) is 0 Å². The summed E-state index contributed by atoms with van der Waals surface area (Å²) in [5.41, 5.74) is 4.06. The molecule has 0 aliphatic rings. The first-order valence-electron chi connectivity index (χ1n) is 8.27. The fraction of sp³-hybridized carbons (Fsp3) is 0.429. The molecule has 0 aliphatic carbocycles. The molecule has 2 aromatic rings. The Morgan fingerprint density at radius 3 is 2.18 bits per heavy atom. The van der Waals surface area contributed by atoms with Crippen LogP contribution in [0.1, 0.15) is 63.8 Å².